The van der Waals surface area contributed by atoms with Crippen LogP contribution in [0.2, 0.25) is 0 Å². The smallest absolute Gasteiger partial charge is 0.399 e. The minimum Gasteiger partial charge on any atom is -0.399 e. The molecule has 0 atom stereocenters. The molecule has 0 saturated heterocycles. The van der Waals surface area contributed by atoms with Crippen LogP contribution in [0.25, 0.3) is 0 Å². The molecule has 1 N–H and O–H groups in total. The van der Waals surface area contributed by atoms with Crippen LogP contribution < -0.4 is 0 Å². The van der Waals surface area contributed by atoms with Crippen molar-refractivity contribution in [1.82, 2.24) is 0 Å². The minimum absolute atomic E-state index is 1.24. The van der Waals surface area contributed by atoms with Crippen molar-refractivity contribution in [3.8, 4) is 0 Å². The molecule has 0 aliphatic rings. The zero-order chi connectivity index (χ0) is 6.41. The van der Waals surface area contributed by atoms with E-state index in [1.807, 2.05) is 0 Å². The topological polar surface area (TPSA) is 57.2 Å². The average Bonchev–Trinajstić information content (AvgIpc) is 1.68. The van der Waals surface area contributed by atoms with Crippen molar-refractivity contribution < 1.29 is 24.4 Å². The molecular weight excluding hydrogens is 115 g/mol. The lowest BCUT2D eigenvalue weighted by molar-refractivity contribution is -0.275. The molecular formula is C2H7BO5. The van der Waals surface area contributed by atoms with Crippen LogP contribution in [0.15, 0.2) is 0 Å². The molecule has 48 valence electrons. The SMILES string of the molecule is COOB(O)OOC. The molecule has 0 saturated carbocycles. The van der Waals surface area contributed by atoms with Crippen LogP contribution in [0.5, 0.6) is 0 Å². The predicted octanol–water partition coefficient (Wildman–Crippen LogP) is -0.880. The van der Waals surface area contributed by atoms with Gasteiger partial charge in [-0.25, -0.2) is 9.61 Å². The second-order valence-corrected chi connectivity index (χ2v) is 0.833. The van der Waals surface area contributed by atoms with Gasteiger partial charge in [0.1, 0.15) is 0 Å². The lowest BCUT2D eigenvalue weighted by Gasteiger charge is -1.99. The zero-order valence-electron chi connectivity index (χ0n) is 4.66. The summed E-state index contributed by atoms with van der Waals surface area (Å²) in [5.41, 5.74) is 0. The first kappa shape index (κ1) is 7.86. The van der Waals surface area contributed by atoms with E-state index < -0.39 is 7.32 Å². The van der Waals surface area contributed by atoms with Crippen molar-refractivity contribution in [3.63, 3.8) is 0 Å². The summed E-state index contributed by atoms with van der Waals surface area (Å²) in [5.74, 6) is 0. The summed E-state index contributed by atoms with van der Waals surface area (Å²) in [6.45, 7) is 0. The summed E-state index contributed by atoms with van der Waals surface area (Å²) >= 11 is 0. The number of rotatable bonds is 4. The van der Waals surface area contributed by atoms with Gasteiger partial charge in [-0.05, 0) is 0 Å². The van der Waals surface area contributed by atoms with Crippen molar-refractivity contribution in [2.24, 2.45) is 0 Å². The molecule has 0 fully saturated rings. The molecule has 0 heterocycles. The lowest BCUT2D eigenvalue weighted by atomic mass is 10.3. The highest BCUT2D eigenvalue weighted by Crippen LogP contribution is 1.82. The Labute approximate surface area is 47.1 Å². The summed E-state index contributed by atoms with van der Waals surface area (Å²) in [4.78, 5) is 16.0. The third-order valence-electron chi connectivity index (χ3n) is 0.357. The van der Waals surface area contributed by atoms with Crippen LogP contribution in [0.3, 0.4) is 0 Å². The second-order valence-electron chi connectivity index (χ2n) is 0.833. The first-order valence-corrected chi connectivity index (χ1v) is 1.88. The Morgan fingerprint density at radius 2 is 1.50 bits per heavy atom. The van der Waals surface area contributed by atoms with Gasteiger partial charge in [-0.1, -0.05) is 0 Å². The maximum absolute atomic E-state index is 8.35. The highest BCUT2D eigenvalue weighted by molar-refractivity contribution is 6.33. The molecule has 0 radical (unpaired) electrons. The van der Waals surface area contributed by atoms with Crippen molar-refractivity contribution in [2.45, 2.75) is 0 Å². The lowest BCUT2D eigenvalue weighted by Crippen LogP contribution is -2.21. The monoisotopic (exact) mass is 122 g/mol. The maximum Gasteiger partial charge on any atom is 0.694 e. The van der Waals surface area contributed by atoms with E-state index >= 15 is 0 Å². The highest BCUT2D eigenvalue weighted by Gasteiger charge is 2.16. The Hall–Kier alpha value is -0.135. The van der Waals surface area contributed by atoms with Gasteiger partial charge in [-0.3, -0.25) is 9.78 Å². The van der Waals surface area contributed by atoms with Gasteiger partial charge in [0.2, 0.25) is 0 Å². The Morgan fingerprint density at radius 1 is 1.12 bits per heavy atom. The van der Waals surface area contributed by atoms with E-state index in [0.717, 1.165) is 0 Å². The summed E-state index contributed by atoms with van der Waals surface area (Å²) in [6, 6.07) is 0. The van der Waals surface area contributed by atoms with Crippen LogP contribution in [-0.4, -0.2) is 26.6 Å². The van der Waals surface area contributed by atoms with E-state index in [1.54, 1.807) is 0 Å². The molecule has 0 spiro atoms. The zero-order valence-corrected chi connectivity index (χ0v) is 4.66. The van der Waals surface area contributed by atoms with Gasteiger partial charge >= 0.3 is 7.32 Å². The van der Waals surface area contributed by atoms with Gasteiger partial charge in [-0.15, -0.1) is 0 Å². The van der Waals surface area contributed by atoms with Gasteiger partial charge in [-0.2, -0.15) is 0 Å². The van der Waals surface area contributed by atoms with E-state index in [0.29, 0.717) is 0 Å². The average molecular weight is 122 g/mol. The van der Waals surface area contributed by atoms with Crippen molar-refractivity contribution >= 4 is 7.32 Å². The number of hydrogen-bond donors (Lipinski definition) is 1. The molecule has 8 heavy (non-hydrogen) atoms. The Balaban J connectivity index is 2.92. The van der Waals surface area contributed by atoms with E-state index in [9.17, 15) is 0 Å². The van der Waals surface area contributed by atoms with Crippen LogP contribution in [-0.2, 0) is 19.4 Å². The van der Waals surface area contributed by atoms with Gasteiger partial charge in [0.15, 0.2) is 0 Å². The fourth-order valence-electron chi connectivity index (χ4n) is 0.181. The van der Waals surface area contributed by atoms with Crippen molar-refractivity contribution in [1.29, 1.82) is 0 Å². The molecule has 0 rings (SSSR count). The largest absolute Gasteiger partial charge is 0.694 e. The Morgan fingerprint density at radius 3 is 1.75 bits per heavy atom. The van der Waals surface area contributed by atoms with Crippen LogP contribution in [0.4, 0.5) is 0 Å². The van der Waals surface area contributed by atoms with Crippen LogP contribution in [0, 0.1) is 0 Å². The highest BCUT2D eigenvalue weighted by atomic mass is 17.3. The molecule has 0 aromatic rings. The summed E-state index contributed by atoms with van der Waals surface area (Å²) in [5, 5.41) is 8.35. The van der Waals surface area contributed by atoms with Gasteiger partial charge in [0, 0.05) is 0 Å². The van der Waals surface area contributed by atoms with Crippen LogP contribution in [0.1, 0.15) is 0 Å². The van der Waals surface area contributed by atoms with Crippen molar-refractivity contribution in [2.75, 3.05) is 14.2 Å². The van der Waals surface area contributed by atoms with E-state index in [4.69, 9.17) is 5.02 Å². The third kappa shape index (κ3) is 4.04. The second kappa shape index (κ2) is 5.01. The first-order valence-electron chi connectivity index (χ1n) is 1.88. The molecule has 0 aliphatic carbocycles. The number of hydrogen-bond acceptors (Lipinski definition) is 5. The third-order valence-corrected chi connectivity index (χ3v) is 0.357. The minimum atomic E-state index is -1.48. The molecule has 0 unspecified atom stereocenters. The van der Waals surface area contributed by atoms with Gasteiger partial charge < -0.3 is 5.02 Å². The molecule has 5 nitrogen and oxygen atoms in total. The molecule has 6 heteroatoms. The quantitative estimate of drug-likeness (QED) is 0.298. The molecule has 0 aromatic heterocycles. The Kier molecular flexibility index (Phi) is 4.93. The summed E-state index contributed by atoms with van der Waals surface area (Å²) in [7, 11) is 0.995. The fourth-order valence-corrected chi connectivity index (χ4v) is 0.181. The molecule has 0 aliphatic heterocycles. The van der Waals surface area contributed by atoms with E-state index in [-0.39, 0.29) is 0 Å². The summed E-state index contributed by atoms with van der Waals surface area (Å²) < 4.78 is 0. The normalized spacial score (nSPS) is 9.38. The standard InChI is InChI=1S/C2H7BO5/c1-5-7-3(4)8-6-2/h4H,1-2H3. The van der Waals surface area contributed by atoms with Crippen LogP contribution >= 0.6 is 0 Å². The molecule has 0 bridgehead atoms. The molecule has 0 amide bonds. The first-order chi connectivity index (χ1) is 3.81. The fraction of sp³-hybridized carbons (Fsp3) is 1.00. The van der Waals surface area contributed by atoms with Crippen molar-refractivity contribution in [3.05, 3.63) is 0 Å². The maximum atomic E-state index is 8.35. The summed E-state index contributed by atoms with van der Waals surface area (Å²) in [6.07, 6.45) is 0. The molecule has 0 aromatic carbocycles. The van der Waals surface area contributed by atoms with E-state index in [2.05, 4.69) is 19.4 Å². The Bertz CT molecular complexity index is 43.7. The van der Waals surface area contributed by atoms with E-state index in [1.165, 1.54) is 14.2 Å². The van der Waals surface area contributed by atoms with Gasteiger partial charge in [0.25, 0.3) is 0 Å². The predicted molar refractivity (Wildman–Crippen MR) is 24.2 cm³/mol. The van der Waals surface area contributed by atoms with Gasteiger partial charge in [0.05, 0.1) is 14.2 Å².